The summed E-state index contributed by atoms with van der Waals surface area (Å²) in [6.45, 7) is 4.16. The normalized spacial score (nSPS) is 22.9. The highest BCUT2D eigenvalue weighted by Crippen LogP contribution is 2.27. The predicted octanol–water partition coefficient (Wildman–Crippen LogP) is 2.80. The first kappa shape index (κ1) is 8.88. The number of allylic oxidation sites excluding steroid dienone is 2. The fourth-order valence-electron chi connectivity index (χ4n) is 1.38. The first-order valence-electron chi connectivity index (χ1n) is 4.57. The van der Waals surface area contributed by atoms with Gasteiger partial charge in [0.25, 0.3) is 5.95 Å². The van der Waals surface area contributed by atoms with Crippen molar-refractivity contribution in [3.05, 3.63) is 60.6 Å². The maximum absolute atomic E-state index is 5.56. The average molecular weight is 188 g/mol. The van der Waals surface area contributed by atoms with E-state index in [-0.39, 0.29) is 6.10 Å². The molecule has 1 aromatic rings. The monoisotopic (exact) mass is 188 g/mol. The highest BCUT2D eigenvalue weighted by Gasteiger charge is 2.22. The van der Waals surface area contributed by atoms with E-state index in [1.165, 1.54) is 0 Å². The van der Waals surface area contributed by atoms with E-state index in [1.54, 1.807) is 12.2 Å². The molecule has 1 aliphatic rings. The van der Waals surface area contributed by atoms with Gasteiger partial charge in [-0.2, -0.15) is 0 Å². The number of hydrogen-bond acceptors (Lipinski definition) is 2. The molecule has 1 aromatic carbocycles. The smallest absolute Gasteiger partial charge is 0.279 e. The Bertz CT molecular complexity index is 341. The van der Waals surface area contributed by atoms with Crippen LogP contribution in [-0.2, 0) is 9.47 Å². The largest absolute Gasteiger partial charge is 0.461 e. The number of ether oxygens (including phenoxy) is 2. The van der Waals surface area contributed by atoms with Gasteiger partial charge in [0.1, 0.15) is 6.61 Å². The van der Waals surface area contributed by atoms with Crippen LogP contribution in [0.3, 0.4) is 0 Å². The van der Waals surface area contributed by atoms with Crippen molar-refractivity contribution in [3.8, 4) is 0 Å². The van der Waals surface area contributed by atoms with E-state index < -0.39 is 0 Å². The molecule has 0 N–H and O–H groups in total. The van der Waals surface area contributed by atoms with Crippen molar-refractivity contribution < 1.29 is 9.47 Å². The van der Waals surface area contributed by atoms with Gasteiger partial charge in [-0.15, -0.1) is 0 Å². The third kappa shape index (κ3) is 1.79. The van der Waals surface area contributed by atoms with E-state index in [1.807, 2.05) is 30.3 Å². The summed E-state index contributed by atoms with van der Waals surface area (Å²) in [7, 11) is 0. The van der Waals surface area contributed by atoms with Gasteiger partial charge in [-0.1, -0.05) is 43.0 Å². The first-order valence-corrected chi connectivity index (χ1v) is 4.57. The zero-order chi connectivity index (χ0) is 9.80. The molecular formula is C12H12O2. The molecule has 14 heavy (non-hydrogen) atoms. The Labute approximate surface area is 83.5 Å². The Morgan fingerprint density at radius 1 is 1.29 bits per heavy atom. The van der Waals surface area contributed by atoms with Crippen LogP contribution in [0.4, 0.5) is 0 Å². The minimum Gasteiger partial charge on any atom is -0.461 e. The molecule has 1 unspecified atom stereocenters. The van der Waals surface area contributed by atoms with E-state index in [0.717, 1.165) is 5.56 Å². The minimum absolute atomic E-state index is 0.0161. The van der Waals surface area contributed by atoms with E-state index in [2.05, 4.69) is 6.58 Å². The molecule has 0 radical (unpaired) electrons. The molecule has 1 saturated heterocycles. The fourth-order valence-corrected chi connectivity index (χ4v) is 1.38. The van der Waals surface area contributed by atoms with Gasteiger partial charge in [0.15, 0.2) is 6.10 Å². The van der Waals surface area contributed by atoms with Gasteiger partial charge in [-0.25, -0.2) is 0 Å². The van der Waals surface area contributed by atoms with Crippen LogP contribution in [-0.4, -0.2) is 6.61 Å². The van der Waals surface area contributed by atoms with Crippen LogP contribution in [0, 0.1) is 0 Å². The van der Waals surface area contributed by atoms with Crippen molar-refractivity contribution in [2.24, 2.45) is 0 Å². The van der Waals surface area contributed by atoms with E-state index in [9.17, 15) is 0 Å². The van der Waals surface area contributed by atoms with E-state index >= 15 is 0 Å². The molecule has 0 bridgehead atoms. The van der Waals surface area contributed by atoms with Crippen LogP contribution < -0.4 is 0 Å². The third-order valence-corrected chi connectivity index (χ3v) is 2.06. The highest BCUT2D eigenvalue weighted by molar-refractivity contribution is 5.19. The molecule has 1 heterocycles. The van der Waals surface area contributed by atoms with E-state index in [4.69, 9.17) is 9.47 Å². The predicted molar refractivity (Wildman–Crippen MR) is 54.5 cm³/mol. The zero-order valence-electron chi connectivity index (χ0n) is 7.85. The van der Waals surface area contributed by atoms with Crippen molar-refractivity contribution in [3.63, 3.8) is 0 Å². The van der Waals surface area contributed by atoms with Crippen molar-refractivity contribution in [2.75, 3.05) is 6.61 Å². The summed E-state index contributed by atoms with van der Waals surface area (Å²) in [5.41, 5.74) is 1.14. The maximum Gasteiger partial charge on any atom is 0.279 e. The molecule has 2 heteroatoms. The van der Waals surface area contributed by atoms with Crippen molar-refractivity contribution >= 4 is 0 Å². The molecule has 1 aliphatic heterocycles. The molecule has 0 aliphatic carbocycles. The molecule has 2 rings (SSSR count). The van der Waals surface area contributed by atoms with Crippen LogP contribution in [0.1, 0.15) is 11.7 Å². The zero-order valence-corrected chi connectivity index (χ0v) is 7.85. The lowest BCUT2D eigenvalue weighted by Crippen LogP contribution is -1.98. The highest BCUT2D eigenvalue weighted by atomic mass is 16.7. The molecule has 0 spiro atoms. The topological polar surface area (TPSA) is 18.5 Å². The Hall–Kier alpha value is -1.70. The van der Waals surface area contributed by atoms with Crippen LogP contribution in [0.2, 0.25) is 0 Å². The average Bonchev–Trinajstić information content (AvgIpc) is 2.68. The lowest BCUT2D eigenvalue weighted by atomic mass is 10.1. The van der Waals surface area contributed by atoms with Gasteiger partial charge in [0.2, 0.25) is 0 Å². The molecule has 2 nitrogen and oxygen atoms in total. The second-order valence-corrected chi connectivity index (χ2v) is 3.05. The standard InChI is InChI=1S/C12H12O2/c1-2-6-12-13-9-11(14-12)10-7-4-3-5-8-10/h2-8,11H,1,9H2. The summed E-state index contributed by atoms with van der Waals surface area (Å²) in [5.74, 6) is 0.550. The quantitative estimate of drug-likeness (QED) is 0.710. The van der Waals surface area contributed by atoms with Crippen LogP contribution >= 0.6 is 0 Å². The molecule has 72 valence electrons. The molecule has 0 aromatic heterocycles. The summed E-state index contributed by atoms with van der Waals surface area (Å²) < 4.78 is 10.9. The van der Waals surface area contributed by atoms with Gasteiger partial charge in [0.05, 0.1) is 0 Å². The van der Waals surface area contributed by atoms with Crippen LogP contribution in [0.15, 0.2) is 55.0 Å². The van der Waals surface area contributed by atoms with E-state index in [0.29, 0.717) is 12.6 Å². The van der Waals surface area contributed by atoms with Gasteiger partial charge in [-0.05, 0) is 5.56 Å². The Kier molecular flexibility index (Phi) is 2.54. The first-order chi connectivity index (χ1) is 6.90. The minimum atomic E-state index is 0.0161. The number of rotatable bonds is 2. The SMILES string of the molecule is C=CC=C1OCC(c2ccccc2)O1. The molecule has 0 saturated carbocycles. The summed E-state index contributed by atoms with van der Waals surface area (Å²) >= 11 is 0. The molecule has 1 fully saturated rings. The maximum atomic E-state index is 5.56. The summed E-state index contributed by atoms with van der Waals surface area (Å²) in [6.07, 6.45) is 3.40. The van der Waals surface area contributed by atoms with Crippen LogP contribution in [0.5, 0.6) is 0 Å². The van der Waals surface area contributed by atoms with Crippen molar-refractivity contribution in [2.45, 2.75) is 6.10 Å². The van der Waals surface area contributed by atoms with Crippen LogP contribution in [0.25, 0.3) is 0 Å². The lowest BCUT2D eigenvalue weighted by Gasteiger charge is -2.06. The van der Waals surface area contributed by atoms with Gasteiger partial charge >= 0.3 is 0 Å². The lowest BCUT2D eigenvalue weighted by molar-refractivity contribution is 0.143. The van der Waals surface area contributed by atoms with Crippen molar-refractivity contribution in [1.82, 2.24) is 0 Å². The van der Waals surface area contributed by atoms with Gasteiger partial charge in [0, 0.05) is 6.08 Å². The summed E-state index contributed by atoms with van der Waals surface area (Å²) in [6, 6.07) is 10.0. The molecule has 0 amide bonds. The van der Waals surface area contributed by atoms with Gasteiger partial charge < -0.3 is 9.47 Å². The number of hydrogen-bond donors (Lipinski definition) is 0. The third-order valence-electron chi connectivity index (χ3n) is 2.06. The Morgan fingerprint density at radius 3 is 2.79 bits per heavy atom. The molecular weight excluding hydrogens is 176 g/mol. The second-order valence-electron chi connectivity index (χ2n) is 3.05. The number of benzene rings is 1. The summed E-state index contributed by atoms with van der Waals surface area (Å²) in [5, 5.41) is 0. The second kappa shape index (κ2) is 4.01. The molecule has 1 atom stereocenters. The fraction of sp³-hybridized carbons (Fsp3) is 0.167. The van der Waals surface area contributed by atoms with Gasteiger partial charge in [-0.3, -0.25) is 0 Å². The Balaban J connectivity index is 2.10. The summed E-state index contributed by atoms with van der Waals surface area (Å²) in [4.78, 5) is 0. The van der Waals surface area contributed by atoms with Crippen molar-refractivity contribution in [1.29, 1.82) is 0 Å². The Morgan fingerprint density at radius 2 is 2.07 bits per heavy atom.